The van der Waals surface area contributed by atoms with Gasteiger partial charge in [-0.25, -0.2) is 9.37 Å². The highest BCUT2D eigenvalue weighted by molar-refractivity contribution is 6.30. The van der Waals surface area contributed by atoms with E-state index in [1.54, 1.807) is 30.6 Å². The molecule has 1 amide bonds. The summed E-state index contributed by atoms with van der Waals surface area (Å²) in [6, 6.07) is 9.93. The van der Waals surface area contributed by atoms with Crippen LogP contribution in [0.5, 0.6) is 0 Å². The van der Waals surface area contributed by atoms with Crippen molar-refractivity contribution < 1.29 is 9.18 Å². The van der Waals surface area contributed by atoms with Gasteiger partial charge >= 0.3 is 0 Å². The van der Waals surface area contributed by atoms with E-state index < -0.39 is 5.82 Å². The maximum Gasteiger partial charge on any atom is 0.255 e. The number of H-pyrrole nitrogens is 1. The topological polar surface area (TPSA) is 82.7 Å². The summed E-state index contributed by atoms with van der Waals surface area (Å²) in [4.78, 5) is 24.3. The number of anilines is 2. The van der Waals surface area contributed by atoms with Crippen molar-refractivity contribution in [1.29, 1.82) is 0 Å². The summed E-state index contributed by atoms with van der Waals surface area (Å²) < 4.78 is 14.4. The number of carbonyl (C=O) groups is 1. The van der Waals surface area contributed by atoms with E-state index in [1.165, 1.54) is 18.3 Å². The molecular formula is C22H17ClFN5O. The summed E-state index contributed by atoms with van der Waals surface area (Å²) in [6.07, 6.45) is 6.90. The first-order valence-electron chi connectivity index (χ1n) is 9.54. The second-order valence-corrected chi connectivity index (χ2v) is 7.65. The van der Waals surface area contributed by atoms with Crippen molar-refractivity contribution in [2.75, 3.05) is 5.32 Å². The van der Waals surface area contributed by atoms with E-state index in [1.807, 2.05) is 6.07 Å². The largest absolute Gasteiger partial charge is 0.354 e. The number of rotatable bonds is 5. The Labute approximate surface area is 176 Å². The third-order valence-electron chi connectivity index (χ3n) is 4.98. The molecule has 0 radical (unpaired) electrons. The summed E-state index contributed by atoms with van der Waals surface area (Å²) in [5.74, 6) is -0.592. The van der Waals surface area contributed by atoms with Crippen LogP contribution in [-0.4, -0.2) is 26.9 Å². The first-order chi connectivity index (χ1) is 14.6. The van der Waals surface area contributed by atoms with Crippen LogP contribution in [-0.2, 0) is 0 Å². The molecule has 1 saturated carbocycles. The van der Waals surface area contributed by atoms with Crippen LogP contribution in [0.4, 0.5) is 15.8 Å². The lowest BCUT2D eigenvalue weighted by molar-refractivity contribution is 0.0951. The van der Waals surface area contributed by atoms with Crippen molar-refractivity contribution in [3.05, 3.63) is 71.4 Å². The molecule has 3 heterocycles. The Morgan fingerprint density at radius 2 is 2.03 bits per heavy atom. The number of pyridine rings is 2. The highest BCUT2D eigenvalue weighted by Crippen LogP contribution is 2.33. The van der Waals surface area contributed by atoms with Crippen molar-refractivity contribution in [2.24, 2.45) is 0 Å². The van der Waals surface area contributed by atoms with Gasteiger partial charge in [-0.05, 0) is 49.2 Å². The highest BCUT2D eigenvalue weighted by Gasteiger charge is 2.25. The first kappa shape index (κ1) is 18.6. The lowest BCUT2D eigenvalue weighted by atomic mass is 10.1. The number of carbonyl (C=O) groups excluding carboxylic acids is 1. The van der Waals surface area contributed by atoms with E-state index in [4.69, 9.17) is 11.6 Å². The molecule has 0 bridgehead atoms. The fourth-order valence-electron chi connectivity index (χ4n) is 3.29. The molecule has 8 heteroatoms. The van der Waals surface area contributed by atoms with Gasteiger partial charge in [-0.2, -0.15) is 0 Å². The van der Waals surface area contributed by atoms with E-state index in [-0.39, 0.29) is 11.9 Å². The van der Waals surface area contributed by atoms with Crippen LogP contribution >= 0.6 is 11.6 Å². The molecule has 1 aliphatic carbocycles. The van der Waals surface area contributed by atoms with Gasteiger partial charge in [0, 0.05) is 40.6 Å². The van der Waals surface area contributed by atoms with Crippen molar-refractivity contribution in [1.82, 2.24) is 20.3 Å². The standard InChI is InChI=1S/C22H17ClFN5O/c23-12-1-4-17(24)15(9-12)20-10-19(14-5-8-26-21(14)29-20)28-18-6-7-25-11-16(18)22(30)27-13-2-3-13/h1,4-11,13H,2-3H2,(H,27,30)(H2,25,26,28,29). The maximum absolute atomic E-state index is 14.4. The third-order valence-corrected chi connectivity index (χ3v) is 5.22. The Hall–Kier alpha value is -3.45. The molecule has 4 aromatic rings. The van der Waals surface area contributed by atoms with E-state index in [0.29, 0.717) is 38.9 Å². The average molecular weight is 422 g/mol. The zero-order valence-corrected chi connectivity index (χ0v) is 16.5. The number of nitrogens with zero attached hydrogens (tertiary/aromatic N) is 2. The van der Waals surface area contributed by atoms with Crippen LogP contribution in [0.3, 0.4) is 0 Å². The van der Waals surface area contributed by atoms with Gasteiger partial charge in [0.25, 0.3) is 5.91 Å². The smallest absolute Gasteiger partial charge is 0.255 e. The van der Waals surface area contributed by atoms with Gasteiger partial charge in [-0.1, -0.05) is 11.6 Å². The van der Waals surface area contributed by atoms with E-state index in [0.717, 1.165) is 18.2 Å². The van der Waals surface area contributed by atoms with Gasteiger partial charge in [0.15, 0.2) is 0 Å². The number of aromatic nitrogens is 3. The molecule has 0 unspecified atom stereocenters. The molecule has 0 spiro atoms. The highest BCUT2D eigenvalue weighted by atomic mass is 35.5. The monoisotopic (exact) mass is 421 g/mol. The van der Waals surface area contributed by atoms with Gasteiger partial charge in [-0.3, -0.25) is 9.78 Å². The number of nitrogens with one attached hydrogen (secondary N) is 3. The van der Waals surface area contributed by atoms with Gasteiger partial charge < -0.3 is 15.6 Å². The fourth-order valence-corrected chi connectivity index (χ4v) is 3.47. The Bertz CT molecular complexity index is 1270. The van der Waals surface area contributed by atoms with Crippen molar-refractivity contribution >= 4 is 39.9 Å². The molecular weight excluding hydrogens is 405 g/mol. The minimum atomic E-state index is -0.419. The lowest BCUT2D eigenvalue weighted by Gasteiger charge is -2.14. The average Bonchev–Trinajstić information content (AvgIpc) is 3.42. The Morgan fingerprint density at radius 1 is 1.17 bits per heavy atom. The number of halogens is 2. The molecule has 1 aliphatic rings. The molecule has 0 aliphatic heterocycles. The van der Waals surface area contributed by atoms with Crippen LogP contribution in [0.15, 0.2) is 55.0 Å². The van der Waals surface area contributed by atoms with Crippen LogP contribution < -0.4 is 10.6 Å². The molecule has 1 fully saturated rings. The number of benzene rings is 1. The molecule has 0 saturated heterocycles. The van der Waals surface area contributed by atoms with E-state index in [2.05, 4.69) is 25.6 Å². The number of hydrogen-bond donors (Lipinski definition) is 3. The SMILES string of the molecule is O=C(NC1CC1)c1cnccc1Nc1cc(-c2cc(Cl)ccc2F)nc2[nH]ccc12. The van der Waals surface area contributed by atoms with E-state index in [9.17, 15) is 9.18 Å². The quantitative estimate of drug-likeness (QED) is 0.421. The number of aromatic amines is 1. The van der Waals surface area contributed by atoms with Gasteiger partial charge in [0.05, 0.1) is 22.6 Å². The predicted molar refractivity (Wildman–Crippen MR) is 115 cm³/mol. The van der Waals surface area contributed by atoms with Gasteiger partial charge in [-0.15, -0.1) is 0 Å². The summed E-state index contributed by atoms with van der Waals surface area (Å²) in [5.41, 5.74) is 3.04. The number of hydrogen-bond acceptors (Lipinski definition) is 4. The fraction of sp³-hybridized carbons (Fsp3) is 0.136. The minimum absolute atomic E-state index is 0.173. The van der Waals surface area contributed by atoms with Crippen molar-refractivity contribution in [3.63, 3.8) is 0 Å². The van der Waals surface area contributed by atoms with Crippen LogP contribution in [0.25, 0.3) is 22.3 Å². The Kier molecular flexibility index (Phi) is 4.59. The molecule has 3 N–H and O–H groups in total. The van der Waals surface area contributed by atoms with Crippen LogP contribution in [0.2, 0.25) is 5.02 Å². The summed E-state index contributed by atoms with van der Waals surface area (Å²) in [5, 5.41) is 7.51. The van der Waals surface area contributed by atoms with Crippen LogP contribution in [0, 0.1) is 5.82 Å². The molecule has 30 heavy (non-hydrogen) atoms. The molecule has 5 rings (SSSR count). The second kappa shape index (κ2) is 7.42. The van der Waals surface area contributed by atoms with Crippen LogP contribution in [0.1, 0.15) is 23.2 Å². The zero-order valence-electron chi connectivity index (χ0n) is 15.7. The van der Waals surface area contributed by atoms with Gasteiger partial charge in [0.2, 0.25) is 0 Å². The van der Waals surface area contributed by atoms with E-state index >= 15 is 0 Å². The second-order valence-electron chi connectivity index (χ2n) is 7.21. The molecule has 0 atom stereocenters. The Morgan fingerprint density at radius 3 is 2.87 bits per heavy atom. The lowest BCUT2D eigenvalue weighted by Crippen LogP contribution is -2.26. The summed E-state index contributed by atoms with van der Waals surface area (Å²) in [7, 11) is 0. The number of amides is 1. The first-order valence-corrected chi connectivity index (χ1v) is 9.92. The zero-order chi connectivity index (χ0) is 20.7. The predicted octanol–water partition coefficient (Wildman–Crippen LogP) is 5.05. The van der Waals surface area contributed by atoms with Gasteiger partial charge in [0.1, 0.15) is 11.5 Å². The van der Waals surface area contributed by atoms with Crippen molar-refractivity contribution in [3.8, 4) is 11.3 Å². The summed E-state index contributed by atoms with van der Waals surface area (Å²) in [6.45, 7) is 0. The molecule has 6 nitrogen and oxygen atoms in total. The van der Waals surface area contributed by atoms with Crippen molar-refractivity contribution in [2.45, 2.75) is 18.9 Å². The summed E-state index contributed by atoms with van der Waals surface area (Å²) >= 11 is 6.07. The minimum Gasteiger partial charge on any atom is -0.354 e. The Balaban J connectivity index is 1.58. The normalized spacial score (nSPS) is 13.4. The maximum atomic E-state index is 14.4. The molecule has 150 valence electrons. The number of fused-ring (bicyclic) bond motifs is 1. The third kappa shape index (κ3) is 3.59. The molecule has 1 aromatic carbocycles. The molecule has 3 aromatic heterocycles.